The van der Waals surface area contributed by atoms with Gasteiger partial charge in [0.15, 0.2) is 11.4 Å². The van der Waals surface area contributed by atoms with Gasteiger partial charge < -0.3 is 9.47 Å². The first-order valence-electron chi connectivity index (χ1n) is 4.32. The van der Waals surface area contributed by atoms with Crippen LogP contribution in [0.1, 0.15) is 5.69 Å². The van der Waals surface area contributed by atoms with Gasteiger partial charge in [0.2, 0.25) is 0 Å². The number of hydrogen-bond donors (Lipinski definition) is 0. The van der Waals surface area contributed by atoms with Crippen LogP contribution < -0.4 is 9.47 Å². The zero-order chi connectivity index (χ0) is 13.9. The normalized spacial score (nSPS) is 11.2. The van der Waals surface area contributed by atoms with Crippen molar-refractivity contribution < 1.29 is 32.0 Å². The number of alkyl halides is 4. The lowest BCUT2D eigenvalue weighted by atomic mass is 10.2. The fourth-order valence-electron chi connectivity index (χ4n) is 1.15. The summed E-state index contributed by atoms with van der Waals surface area (Å²) in [4.78, 5) is 12.7. The van der Waals surface area contributed by atoms with Crippen molar-refractivity contribution in [3.63, 3.8) is 0 Å². The van der Waals surface area contributed by atoms with E-state index in [0.29, 0.717) is 6.20 Å². The van der Waals surface area contributed by atoms with Crippen LogP contribution in [0.4, 0.5) is 23.2 Å². The predicted octanol–water partition coefficient (Wildman–Crippen LogP) is 2.37. The van der Waals surface area contributed by atoms with Crippen LogP contribution >= 0.6 is 0 Å². The molecule has 10 heteroatoms. The molecule has 0 atom stereocenters. The lowest BCUT2D eigenvalue weighted by Gasteiger charge is -2.13. The number of aromatic nitrogens is 1. The van der Waals surface area contributed by atoms with E-state index >= 15 is 0 Å². The van der Waals surface area contributed by atoms with Crippen molar-refractivity contribution in [2.75, 3.05) is 7.11 Å². The van der Waals surface area contributed by atoms with Gasteiger partial charge in [-0.15, -0.1) is 13.2 Å². The third kappa shape index (κ3) is 2.96. The molecule has 100 valence electrons. The van der Waals surface area contributed by atoms with Crippen molar-refractivity contribution in [2.45, 2.75) is 13.0 Å². The molecule has 0 aromatic carbocycles. The first-order valence-corrected chi connectivity index (χ1v) is 4.32. The van der Waals surface area contributed by atoms with Crippen LogP contribution in [-0.2, 0) is 6.67 Å². The second-order valence-electron chi connectivity index (χ2n) is 2.89. The van der Waals surface area contributed by atoms with Gasteiger partial charge in [0.1, 0.15) is 6.67 Å². The SMILES string of the molecule is COc1cnc(CF)c([N+](=O)[O-])c1OC(F)(F)F. The predicted molar refractivity (Wildman–Crippen MR) is 48.9 cm³/mol. The van der Waals surface area contributed by atoms with E-state index in [0.717, 1.165) is 7.11 Å². The van der Waals surface area contributed by atoms with Crippen LogP contribution in [0.3, 0.4) is 0 Å². The van der Waals surface area contributed by atoms with E-state index in [1.165, 1.54) is 0 Å². The molecule has 0 saturated carbocycles. The number of ether oxygens (including phenoxy) is 2. The zero-order valence-corrected chi connectivity index (χ0v) is 8.82. The zero-order valence-electron chi connectivity index (χ0n) is 8.82. The highest BCUT2D eigenvalue weighted by molar-refractivity contribution is 5.57. The summed E-state index contributed by atoms with van der Waals surface area (Å²) in [6.45, 7) is -1.41. The van der Waals surface area contributed by atoms with Crippen molar-refractivity contribution in [1.29, 1.82) is 0 Å². The molecule has 0 aliphatic heterocycles. The Morgan fingerprint density at radius 1 is 1.50 bits per heavy atom. The van der Waals surface area contributed by atoms with E-state index < -0.39 is 40.8 Å². The summed E-state index contributed by atoms with van der Waals surface area (Å²) in [5.41, 5.74) is -1.99. The molecule has 18 heavy (non-hydrogen) atoms. The molecule has 1 heterocycles. The van der Waals surface area contributed by atoms with Crippen LogP contribution in [0.25, 0.3) is 0 Å². The fourth-order valence-corrected chi connectivity index (χ4v) is 1.15. The molecular formula is C8H6F4N2O4. The Kier molecular flexibility index (Phi) is 3.89. The summed E-state index contributed by atoms with van der Waals surface area (Å²) < 4.78 is 56.8. The van der Waals surface area contributed by atoms with Gasteiger partial charge in [-0.1, -0.05) is 0 Å². The number of methoxy groups -OCH3 is 1. The quantitative estimate of drug-likeness (QED) is 0.477. The highest BCUT2D eigenvalue weighted by atomic mass is 19.4. The summed E-state index contributed by atoms with van der Waals surface area (Å²) in [7, 11) is 0.971. The molecule has 0 saturated heterocycles. The maximum atomic E-state index is 12.5. The van der Waals surface area contributed by atoms with Gasteiger partial charge in [-0.25, -0.2) is 9.37 Å². The summed E-state index contributed by atoms with van der Waals surface area (Å²) >= 11 is 0. The van der Waals surface area contributed by atoms with Crippen molar-refractivity contribution in [3.8, 4) is 11.5 Å². The van der Waals surface area contributed by atoms with Crippen LogP contribution in [0, 0.1) is 10.1 Å². The molecule has 0 N–H and O–H groups in total. The van der Waals surface area contributed by atoms with Gasteiger partial charge in [0.05, 0.1) is 18.2 Å². The molecule has 1 rings (SSSR count). The second-order valence-corrected chi connectivity index (χ2v) is 2.89. The molecule has 0 bridgehead atoms. The standard InChI is InChI=1S/C8H6F4N2O4/c1-17-5-3-13-4(2-9)6(14(15)16)7(5)18-8(10,11)12/h3H,2H2,1H3. The Morgan fingerprint density at radius 2 is 2.11 bits per heavy atom. The largest absolute Gasteiger partial charge is 0.573 e. The maximum Gasteiger partial charge on any atom is 0.573 e. The third-order valence-corrected chi connectivity index (χ3v) is 1.80. The van der Waals surface area contributed by atoms with Crippen molar-refractivity contribution in [3.05, 3.63) is 22.0 Å². The molecule has 1 aromatic rings. The molecule has 0 aliphatic carbocycles. The summed E-state index contributed by atoms with van der Waals surface area (Å²) in [6.07, 6.45) is -4.46. The fraction of sp³-hybridized carbons (Fsp3) is 0.375. The van der Waals surface area contributed by atoms with E-state index in [-0.39, 0.29) is 0 Å². The Balaban J connectivity index is 3.45. The molecule has 0 radical (unpaired) electrons. The van der Waals surface area contributed by atoms with Crippen LogP contribution in [0.2, 0.25) is 0 Å². The van der Waals surface area contributed by atoms with E-state index in [2.05, 4.69) is 14.5 Å². The highest BCUT2D eigenvalue weighted by Crippen LogP contribution is 2.41. The number of pyridine rings is 1. The maximum absolute atomic E-state index is 12.5. The monoisotopic (exact) mass is 270 g/mol. The molecule has 0 fully saturated rings. The highest BCUT2D eigenvalue weighted by Gasteiger charge is 2.38. The van der Waals surface area contributed by atoms with E-state index in [1.807, 2.05) is 0 Å². The molecule has 0 aliphatic rings. The molecular weight excluding hydrogens is 264 g/mol. The molecule has 0 spiro atoms. The number of nitrogens with zero attached hydrogens (tertiary/aromatic N) is 2. The third-order valence-electron chi connectivity index (χ3n) is 1.80. The first kappa shape index (κ1) is 13.9. The van der Waals surface area contributed by atoms with Gasteiger partial charge >= 0.3 is 12.0 Å². The number of hydrogen-bond acceptors (Lipinski definition) is 5. The van der Waals surface area contributed by atoms with Crippen molar-refractivity contribution in [2.24, 2.45) is 0 Å². The average Bonchev–Trinajstić information content (AvgIpc) is 2.25. The second kappa shape index (κ2) is 5.02. The Morgan fingerprint density at radius 3 is 2.50 bits per heavy atom. The average molecular weight is 270 g/mol. The number of rotatable bonds is 4. The van der Waals surface area contributed by atoms with Crippen molar-refractivity contribution >= 4 is 5.69 Å². The van der Waals surface area contributed by atoms with E-state index in [4.69, 9.17) is 0 Å². The summed E-state index contributed by atoms with van der Waals surface area (Å²) in [5, 5.41) is 10.7. The minimum Gasteiger partial charge on any atom is -0.491 e. The van der Waals surface area contributed by atoms with Crippen LogP contribution in [-0.4, -0.2) is 23.4 Å². The smallest absolute Gasteiger partial charge is 0.491 e. The lowest BCUT2D eigenvalue weighted by molar-refractivity contribution is -0.390. The van der Waals surface area contributed by atoms with Gasteiger partial charge in [-0.3, -0.25) is 10.1 Å². The summed E-state index contributed by atoms with van der Waals surface area (Å²) in [6, 6.07) is 0. The van der Waals surface area contributed by atoms with Gasteiger partial charge in [-0.2, -0.15) is 0 Å². The summed E-state index contributed by atoms with van der Waals surface area (Å²) in [5.74, 6) is -1.84. The first-order chi connectivity index (χ1) is 8.30. The molecule has 0 unspecified atom stereocenters. The van der Waals surface area contributed by atoms with Gasteiger partial charge in [0, 0.05) is 0 Å². The minimum atomic E-state index is -5.17. The van der Waals surface area contributed by atoms with E-state index in [9.17, 15) is 27.7 Å². The molecule has 0 amide bonds. The van der Waals surface area contributed by atoms with Crippen LogP contribution in [0.5, 0.6) is 11.5 Å². The Bertz CT molecular complexity index is 463. The number of halogens is 4. The van der Waals surface area contributed by atoms with Gasteiger partial charge in [0.25, 0.3) is 5.75 Å². The lowest BCUT2D eigenvalue weighted by Crippen LogP contribution is -2.19. The number of nitro groups is 1. The van der Waals surface area contributed by atoms with Crippen molar-refractivity contribution in [1.82, 2.24) is 4.98 Å². The van der Waals surface area contributed by atoms with Crippen LogP contribution in [0.15, 0.2) is 6.20 Å². The Hall–Kier alpha value is -2.13. The Labute approximate surface area is 97.3 Å². The minimum absolute atomic E-state index is 0.615. The van der Waals surface area contributed by atoms with Gasteiger partial charge in [-0.05, 0) is 0 Å². The van der Waals surface area contributed by atoms with E-state index in [1.54, 1.807) is 0 Å². The molecule has 1 aromatic heterocycles. The molecule has 6 nitrogen and oxygen atoms in total. The topological polar surface area (TPSA) is 74.5 Å².